The van der Waals surface area contributed by atoms with E-state index in [0.29, 0.717) is 29.6 Å². The lowest BCUT2D eigenvalue weighted by Crippen LogP contribution is -2.72. The largest absolute Gasteiger partial charge is 0.416 e. The van der Waals surface area contributed by atoms with Gasteiger partial charge in [0.25, 0.3) is 0 Å². The van der Waals surface area contributed by atoms with Crippen molar-refractivity contribution < 1.29 is 17.9 Å². The average Bonchev–Trinajstić information content (AvgIpc) is 3.01. The van der Waals surface area contributed by atoms with E-state index < -0.39 is 11.7 Å². The first kappa shape index (κ1) is 18.6. The number of nitrogens with one attached hydrogen (secondary N) is 2. The van der Waals surface area contributed by atoms with Crippen LogP contribution in [0.4, 0.5) is 13.2 Å². The van der Waals surface area contributed by atoms with E-state index in [1.54, 1.807) is 13.1 Å². The number of halogens is 3. The highest BCUT2D eigenvalue weighted by Gasteiger charge is 2.66. The zero-order chi connectivity index (χ0) is 19.2. The van der Waals surface area contributed by atoms with Gasteiger partial charge in [-0.1, -0.05) is 18.6 Å². The van der Waals surface area contributed by atoms with Crippen molar-refractivity contribution in [3.05, 3.63) is 35.4 Å². The first-order chi connectivity index (χ1) is 12.8. The van der Waals surface area contributed by atoms with Gasteiger partial charge in [0.05, 0.1) is 17.7 Å². The Morgan fingerprint density at radius 1 is 1.33 bits per heavy atom. The van der Waals surface area contributed by atoms with E-state index in [0.717, 1.165) is 19.1 Å². The summed E-state index contributed by atoms with van der Waals surface area (Å²) in [6.45, 7) is 2.67. The van der Waals surface area contributed by atoms with Crippen LogP contribution < -0.4 is 10.6 Å². The van der Waals surface area contributed by atoms with Crippen LogP contribution in [0.5, 0.6) is 0 Å². The van der Waals surface area contributed by atoms with Crippen LogP contribution in [0, 0.1) is 11.3 Å². The topological polar surface area (TPSA) is 45.7 Å². The molecule has 3 fully saturated rings. The second-order valence-corrected chi connectivity index (χ2v) is 8.01. The molecular formula is C20H26F3N3O. The molecule has 148 valence electrons. The molecule has 2 aliphatic carbocycles. The number of hydrogen-bond donors (Lipinski definition) is 2. The number of guanidine groups is 1. The summed E-state index contributed by atoms with van der Waals surface area (Å²) in [5.74, 6) is 1.15. The molecule has 2 N–H and O–H groups in total. The quantitative estimate of drug-likeness (QED) is 0.617. The maximum Gasteiger partial charge on any atom is 0.416 e. The number of nitrogens with zero attached hydrogens (tertiary/aromatic N) is 1. The molecule has 1 spiro atoms. The summed E-state index contributed by atoms with van der Waals surface area (Å²) in [6, 6.07) is 5.49. The molecule has 1 aromatic carbocycles. The van der Waals surface area contributed by atoms with Crippen molar-refractivity contribution in [2.24, 2.45) is 16.3 Å². The maximum atomic E-state index is 13.0. The van der Waals surface area contributed by atoms with E-state index in [1.165, 1.54) is 31.4 Å². The molecule has 1 aromatic rings. The van der Waals surface area contributed by atoms with Gasteiger partial charge in [-0.2, -0.15) is 13.2 Å². The average molecular weight is 381 g/mol. The molecule has 1 aliphatic heterocycles. The van der Waals surface area contributed by atoms with Crippen molar-refractivity contribution in [1.82, 2.24) is 10.6 Å². The number of benzene rings is 1. The van der Waals surface area contributed by atoms with Gasteiger partial charge in [0.1, 0.15) is 0 Å². The number of ether oxygens (including phenoxy) is 1. The van der Waals surface area contributed by atoms with Gasteiger partial charge in [0.2, 0.25) is 0 Å². The van der Waals surface area contributed by atoms with Gasteiger partial charge in [-0.15, -0.1) is 0 Å². The number of fused-ring (bicyclic) bond motifs is 2. The molecule has 1 heterocycles. The van der Waals surface area contributed by atoms with Gasteiger partial charge >= 0.3 is 6.18 Å². The van der Waals surface area contributed by atoms with Crippen molar-refractivity contribution in [2.45, 2.75) is 57.0 Å². The summed E-state index contributed by atoms with van der Waals surface area (Å²) in [4.78, 5) is 4.32. The zero-order valence-electron chi connectivity index (χ0n) is 15.6. The Morgan fingerprint density at radius 2 is 2.11 bits per heavy atom. The number of rotatable bonds is 3. The highest BCUT2D eigenvalue weighted by Crippen LogP contribution is 2.62. The third-order valence-electron chi connectivity index (χ3n) is 6.62. The molecule has 3 aliphatic rings. The molecule has 0 radical (unpaired) electrons. The number of alkyl halides is 3. The van der Waals surface area contributed by atoms with Gasteiger partial charge in [-0.05, 0) is 43.9 Å². The SMILES string of the molecule is CN=C(NC(C)c1cccc(C(F)(F)F)c1)NC1C2CCOC2C12CCC2. The third-order valence-corrected chi connectivity index (χ3v) is 6.62. The second-order valence-electron chi connectivity index (χ2n) is 8.01. The van der Waals surface area contributed by atoms with Gasteiger partial charge in [0.15, 0.2) is 5.96 Å². The van der Waals surface area contributed by atoms with E-state index in [1.807, 2.05) is 6.92 Å². The van der Waals surface area contributed by atoms with Gasteiger partial charge in [-0.3, -0.25) is 4.99 Å². The monoisotopic (exact) mass is 381 g/mol. The Balaban J connectivity index is 1.44. The molecule has 2 saturated carbocycles. The third kappa shape index (κ3) is 3.10. The lowest BCUT2D eigenvalue weighted by molar-refractivity contribution is -0.171. The fourth-order valence-electron chi connectivity index (χ4n) is 5.05. The predicted molar refractivity (Wildman–Crippen MR) is 97.4 cm³/mol. The lowest BCUT2D eigenvalue weighted by Gasteiger charge is -2.63. The van der Waals surface area contributed by atoms with Crippen molar-refractivity contribution in [3.63, 3.8) is 0 Å². The van der Waals surface area contributed by atoms with Crippen LogP contribution in [-0.4, -0.2) is 31.8 Å². The minimum Gasteiger partial charge on any atom is -0.377 e. The standard InChI is InChI=1S/C20H26F3N3O/c1-12(13-5-3-6-14(11-13)20(21,22)23)25-18(24-2)26-16-15-7-10-27-17(15)19(16)8-4-9-19/h3,5-6,11-12,15-17H,4,7-10H2,1-2H3,(H2,24,25,26). The summed E-state index contributed by atoms with van der Waals surface area (Å²) >= 11 is 0. The molecule has 27 heavy (non-hydrogen) atoms. The number of aliphatic imine (C=N–C) groups is 1. The minimum absolute atomic E-state index is 0.220. The molecular weight excluding hydrogens is 355 g/mol. The molecule has 4 rings (SSSR count). The Labute approximate surface area is 157 Å². The van der Waals surface area contributed by atoms with Crippen LogP contribution in [-0.2, 0) is 10.9 Å². The second kappa shape index (κ2) is 6.69. The molecule has 0 bridgehead atoms. The van der Waals surface area contributed by atoms with Crippen LogP contribution in [0.15, 0.2) is 29.3 Å². The van der Waals surface area contributed by atoms with Crippen LogP contribution in [0.3, 0.4) is 0 Å². The normalized spacial score (nSPS) is 30.3. The van der Waals surface area contributed by atoms with Crippen LogP contribution in [0.2, 0.25) is 0 Å². The summed E-state index contributed by atoms with van der Waals surface area (Å²) < 4.78 is 44.9. The van der Waals surface area contributed by atoms with Gasteiger partial charge in [-0.25, -0.2) is 0 Å². The van der Waals surface area contributed by atoms with E-state index in [4.69, 9.17) is 4.74 Å². The molecule has 4 atom stereocenters. The minimum atomic E-state index is -4.34. The fraction of sp³-hybridized carbons (Fsp3) is 0.650. The summed E-state index contributed by atoms with van der Waals surface area (Å²) in [7, 11) is 1.70. The van der Waals surface area contributed by atoms with E-state index >= 15 is 0 Å². The van der Waals surface area contributed by atoms with E-state index in [-0.39, 0.29) is 11.5 Å². The predicted octanol–water partition coefficient (Wildman–Crippen LogP) is 3.89. The van der Waals surface area contributed by atoms with Crippen molar-refractivity contribution in [2.75, 3.05) is 13.7 Å². The molecule has 4 nitrogen and oxygen atoms in total. The fourth-order valence-corrected chi connectivity index (χ4v) is 5.05. The molecule has 7 heteroatoms. The Morgan fingerprint density at radius 3 is 2.74 bits per heavy atom. The highest BCUT2D eigenvalue weighted by molar-refractivity contribution is 5.80. The van der Waals surface area contributed by atoms with Crippen LogP contribution in [0.1, 0.15) is 49.8 Å². The van der Waals surface area contributed by atoms with Crippen molar-refractivity contribution in [1.29, 1.82) is 0 Å². The first-order valence-corrected chi connectivity index (χ1v) is 9.64. The number of hydrogen-bond acceptors (Lipinski definition) is 2. The van der Waals surface area contributed by atoms with Crippen LogP contribution >= 0.6 is 0 Å². The molecule has 0 amide bonds. The summed E-state index contributed by atoms with van der Waals surface area (Å²) in [5.41, 5.74) is 0.176. The Hall–Kier alpha value is -1.76. The van der Waals surface area contributed by atoms with Gasteiger partial charge in [0, 0.05) is 31.0 Å². The van der Waals surface area contributed by atoms with E-state index in [2.05, 4.69) is 15.6 Å². The molecule has 0 aromatic heterocycles. The molecule has 4 unspecified atom stereocenters. The summed E-state index contributed by atoms with van der Waals surface area (Å²) in [6.07, 6.45) is 0.665. The Bertz CT molecular complexity index is 729. The van der Waals surface area contributed by atoms with Crippen molar-refractivity contribution in [3.8, 4) is 0 Å². The summed E-state index contributed by atoms with van der Waals surface area (Å²) in [5, 5.41) is 6.81. The first-order valence-electron chi connectivity index (χ1n) is 9.64. The van der Waals surface area contributed by atoms with E-state index in [9.17, 15) is 13.2 Å². The smallest absolute Gasteiger partial charge is 0.377 e. The lowest BCUT2D eigenvalue weighted by atomic mass is 9.46. The van der Waals surface area contributed by atoms with Crippen molar-refractivity contribution >= 4 is 5.96 Å². The Kier molecular flexibility index (Phi) is 4.61. The highest BCUT2D eigenvalue weighted by atomic mass is 19.4. The molecule has 1 saturated heterocycles. The van der Waals surface area contributed by atoms with Gasteiger partial charge < -0.3 is 15.4 Å². The van der Waals surface area contributed by atoms with Crippen LogP contribution in [0.25, 0.3) is 0 Å². The maximum absolute atomic E-state index is 13.0. The zero-order valence-corrected chi connectivity index (χ0v) is 15.6.